The average Bonchev–Trinajstić information content (AvgIpc) is 3.16. The number of nitrogens with one attached hydrogen (secondary N) is 1. The molecule has 1 aromatic carbocycles. The van der Waals surface area contributed by atoms with Gasteiger partial charge in [-0.2, -0.15) is 0 Å². The maximum Gasteiger partial charge on any atom is 0.341 e. The van der Waals surface area contributed by atoms with Crippen molar-refractivity contribution in [3.05, 3.63) is 39.4 Å². The van der Waals surface area contributed by atoms with Crippen molar-refractivity contribution in [2.45, 2.75) is 37.1 Å². The Labute approximate surface area is 160 Å². The van der Waals surface area contributed by atoms with Crippen LogP contribution >= 0.6 is 11.6 Å². The van der Waals surface area contributed by atoms with Crippen LogP contribution in [-0.4, -0.2) is 35.2 Å². The van der Waals surface area contributed by atoms with Gasteiger partial charge in [0, 0.05) is 36.3 Å². The van der Waals surface area contributed by atoms with Crippen LogP contribution in [0.15, 0.2) is 17.1 Å². The Morgan fingerprint density at radius 2 is 2.22 bits per heavy atom. The Bertz CT molecular complexity index is 1000. The van der Waals surface area contributed by atoms with Crippen LogP contribution in [0.4, 0.5) is 10.1 Å². The van der Waals surface area contributed by atoms with Gasteiger partial charge in [-0.25, -0.2) is 9.18 Å². The minimum atomic E-state index is -1.35. The monoisotopic (exact) mass is 393 g/mol. The van der Waals surface area contributed by atoms with Gasteiger partial charge in [0.2, 0.25) is 5.43 Å². The summed E-state index contributed by atoms with van der Waals surface area (Å²) in [5.41, 5.74) is 6.26. The molecule has 6 nitrogen and oxygen atoms in total. The fourth-order valence-corrected chi connectivity index (χ4v) is 4.29. The van der Waals surface area contributed by atoms with E-state index in [1.165, 1.54) is 0 Å². The number of hydrogen-bond donors (Lipinski definition) is 3. The first-order valence-electron chi connectivity index (χ1n) is 9.04. The highest BCUT2D eigenvalue weighted by Gasteiger charge is 2.47. The molecule has 27 heavy (non-hydrogen) atoms. The van der Waals surface area contributed by atoms with Gasteiger partial charge in [-0.05, 0) is 38.2 Å². The summed E-state index contributed by atoms with van der Waals surface area (Å²) in [6.07, 6.45) is 3.37. The number of halogens is 2. The van der Waals surface area contributed by atoms with Gasteiger partial charge in [0.05, 0.1) is 16.1 Å². The molecule has 1 saturated carbocycles. The molecule has 2 aliphatic rings. The Kier molecular flexibility index (Phi) is 4.20. The zero-order valence-electron chi connectivity index (χ0n) is 14.9. The van der Waals surface area contributed by atoms with E-state index < -0.39 is 27.7 Å². The van der Waals surface area contributed by atoms with Crippen LogP contribution in [0.1, 0.15) is 42.1 Å². The third-order valence-corrected chi connectivity index (χ3v) is 6.32. The Hall–Kier alpha value is -2.12. The lowest BCUT2D eigenvalue weighted by atomic mass is 9.99. The number of benzene rings is 1. The van der Waals surface area contributed by atoms with Crippen LogP contribution < -0.4 is 16.1 Å². The van der Waals surface area contributed by atoms with Gasteiger partial charge >= 0.3 is 5.97 Å². The molecule has 0 spiro atoms. The number of fused-ring (bicyclic) bond motifs is 1. The fraction of sp³-hybridized carbons (Fsp3) is 0.474. The smallest absolute Gasteiger partial charge is 0.341 e. The van der Waals surface area contributed by atoms with E-state index in [1.54, 1.807) is 0 Å². The molecule has 1 unspecified atom stereocenters. The van der Waals surface area contributed by atoms with Crippen LogP contribution in [0, 0.1) is 11.7 Å². The number of anilines is 1. The number of aromatic carboxylic acids is 1. The Balaban J connectivity index is 1.95. The molecule has 1 saturated heterocycles. The highest BCUT2D eigenvalue weighted by molar-refractivity contribution is 6.27. The number of pyridine rings is 1. The molecule has 0 radical (unpaired) electrons. The SMILES string of the molecule is CC(N)[C@@H]1CCN(c2c(F)cc3c(=O)c(C(=O)O)c[nH]c3c2C2(Cl)CC2)C1. The van der Waals surface area contributed by atoms with E-state index in [4.69, 9.17) is 17.3 Å². The van der Waals surface area contributed by atoms with E-state index in [0.717, 1.165) is 18.7 Å². The van der Waals surface area contributed by atoms with Crippen LogP contribution in [0.3, 0.4) is 0 Å². The molecule has 0 bridgehead atoms. The minimum Gasteiger partial charge on any atom is -0.477 e. The molecule has 2 fully saturated rings. The fourth-order valence-electron chi connectivity index (χ4n) is 4.01. The average molecular weight is 394 g/mol. The van der Waals surface area contributed by atoms with Gasteiger partial charge in [0.1, 0.15) is 11.4 Å². The molecule has 4 rings (SSSR count). The second kappa shape index (κ2) is 6.21. The number of aromatic nitrogens is 1. The van der Waals surface area contributed by atoms with Crippen molar-refractivity contribution < 1.29 is 14.3 Å². The summed E-state index contributed by atoms with van der Waals surface area (Å²) in [5, 5.41) is 9.20. The highest BCUT2D eigenvalue weighted by Crippen LogP contribution is 2.57. The van der Waals surface area contributed by atoms with Crippen LogP contribution in [0.25, 0.3) is 10.9 Å². The topological polar surface area (TPSA) is 99.4 Å². The van der Waals surface area contributed by atoms with Crippen molar-refractivity contribution >= 4 is 34.2 Å². The summed E-state index contributed by atoms with van der Waals surface area (Å²) in [4.78, 5) is 27.9. The van der Waals surface area contributed by atoms with E-state index in [2.05, 4.69) is 4.98 Å². The zero-order chi connectivity index (χ0) is 19.5. The van der Waals surface area contributed by atoms with Gasteiger partial charge in [0.25, 0.3) is 0 Å². The number of carboxylic acid groups (broad SMARTS) is 1. The first-order chi connectivity index (χ1) is 12.7. The van der Waals surface area contributed by atoms with Crippen molar-refractivity contribution in [2.24, 2.45) is 11.7 Å². The van der Waals surface area contributed by atoms with E-state index in [-0.39, 0.29) is 17.3 Å². The third-order valence-electron chi connectivity index (χ3n) is 5.76. The molecular weight excluding hydrogens is 373 g/mol. The predicted molar refractivity (Wildman–Crippen MR) is 102 cm³/mol. The van der Waals surface area contributed by atoms with Gasteiger partial charge in [0.15, 0.2) is 0 Å². The normalized spacial score (nSPS) is 22.2. The maximum absolute atomic E-state index is 15.2. The quantitative estimate of drug-likeness (QED) is 0.693. The van der Waals surface area contributed by atoms with Crippen molar-refractivity contribution in [3.8, 4) is 0 Å². The van der Waals surface area contributed by atoms with E-state index in [9.17, 15) is 14.7 Å². The molecule has 2 heterocycles. The first kappa shape index (κ1) is 18.3. The lowest BCUT2D eigenvalue weighted by Crippen LogP contribution is -2.31. The number of carboxylic acids is 1. The van der Waals surface area contributed by atoms with Gasteiger partial charge < -0.3 is 20.7 Å². The van der Waals surface area contributed by atoms with Gasteiger partial charge in [-0.3, -0.25) is 4.79 Å². The van der Waals surface area contributed by atoms with E-state index in [1.807, 2.05) is 11.8 Å². The molecule has 1 aliphatic heterocycles. The number of carbonyl (C=O) groups is 1. The van der Waals surface area contributed by atoms with Crippen LogP contribution in [0.5, 0.6) is 0 Å². The predicted octanol–water partition coefficient (Wildman–Crippen LogP) is 2.77. The molecule has 4 N–H and O–H groups in total. The van der Waals surface area contributed by atoms with Gasteiger partial charge in [-0.1, -0.05) is 0 Å². The standard InChI is InChI=1S/C19H21ClFN3O3/c1-9(22)10-2-5-24(8-10)16-13(21)6-11-15(14(16)19(20)3-4-19)23-7-12(17(11)25)18(26)27/h6-7,9-10H,2-5,8,22H2,1H3,(H,23,25)(H,26,27)/t9?,10-/m1/s1. The van der Waals surface area contributed by atoms with Crippen molar-refractivity contribution in [3.63, 3.8) is 0 Å². The Morgan fingerprint density at radius 3 is 2.78 bits per heavy atom. The maximum atomic E-state index is 15.2. The summed E-state index contributed by atoms with van der Waals surface area (Å²) in [7, 11) is 0. The van der Waals surface area contributed by atoms with Gasteiger partial charge in [-0.15, -0.1) is 11.6 Å². The van der Waals surface area contributed by atoms with Crippen LogP contribution in [0.2, 0.25) is 0 Å². The third kappa shape index (κ3) is 2.89. The highest BCUT2D eigenvalue weighted by atomic mass is 35.5. The summed E-state index contributed by atoms with van der Waals surface area (Å²) >= 11 is 6.70. The van der Waals surface area contributed by atoms with Crippen molar-refractivity contribution in [2.75, 3.05) is 18.0 Å². The molecule has 144 valence electrons. The molecule has 1 aliphatic carbocycles. The lowest BCUT2D eigenvalue weighted by molar-refractivity contribution is 0.0695. The number of aromatic amines is 1. The Morgan fingerprint density at radius 1 is 1.52 bits per heavy atom. The molecule has 2 aromatic rings. The molecule has 8 heteroatoms. The number of hydrogen-bond acceptors (Lipinski definition) is 4. The number of alkyl halides is 1. The zero-order valence-corrected chi connectivity index (χ0v) is 15.6. The molecule has 2 atom stereocenters. The minimum absolute atomic E-state index is 0.00536. The van der Waals surface area contributed by atoms with Crippen molar-refractivity contribution in [1.82, 2.24) is 4.98 Å². The van der Waals surface area contributed by atoms with E-state index >= 15 is 4.39 Å². The molecule has 1 aromatic heterocycles. The number of nitrogens with two attached hydrogens (primary N) is 1. The number of rotatable bonds is 4. The summed E-state index contributed by atoms with van der Waals surface area (Å²) in [5.74, 6) is -1.65. The number of nitrogens with zero attached hydrogens (tertiary/aromatic N) is 1. The van der Waals surface area contributed by atoms with Crippen LogP contribution in [-0.2, 0) is 4.87 Å². The van der Waals surface area contributed by atoms with E-state index in [0.29, 0.717) is 42.7 Å². The number of H-pyrrole nitrogens is 1. The van der Waals surface area contributed by atoms with Crippen molar-refractivity contribution in [1.29, 1.82) is 0 Å². The second-order valence-electron chi connectivity index (χ2n) is 7.66. The lowest BCUT2D eigenvalue weighted by Gasteiger charge is -2.26. The summed E-state index contributed by atoms with van der Waals surface area (Å²) in [6, 6.07) is 1.13. The first-order valence-corrected chi connectivity index (χ1v) is 9.42. The summed E-state index contributed by atoms with van der Waals surface area (Å²) in [6.45, 7) is 3.23. The largest absolute Gasteiger partial charge is 0.477 e. The summed E-state index contributed by atoms with van der Waals surface area (Å²) < 4.78 is 15.2. The molecular formula is C19H21ClFN3O3. The second-order valence-corrected chi connectivity index (χ2v) is 8.38. The molecule has 0 amide bonds.